The zero-order chi connectivity index (χ0) is 11.5. The van der Waals surface area contributed by atoms with Gasteiger partial charge in [-0.1, -0.05) is 6.07 Å². The summed E-state index contributed by atoms with van der Waals surface area (Å²) in [5.74, 6) is -1.27. The van der Waals surface area contributed by atoms with Gasteiger partial charge in [-0.05, 0) is 12.1 Å². The first kappa shape index (κ1) is 11.4. The van der Waals surface area contributed by atoms with Crippen molar-refractivity contribution in [1.29, 1.82) is 0 Å². The third-order valence-electron chi connectivity index (χ3n) is 1.48. The standard InChI is InChI=1S/C7H9N3O4S/c1-8-15(13,14)10-6-4-2-3-5(9-6)7(11)12/h2-4,8H,1H3,(H,9,10)(H,11,12). The van der Waals surface area contributed by atoms with Crippen molar-refractivity contribution in [2.45, 2.75) is 0 Å². The maximum Gasteiger partial charge on any atom is 0.354 e. The van der Waals surface area contributed by atoms with E-state index < -0.39 is 16.2 Å². The first-order chi connectivity index (χ1) is 6.94. The second-order valence-electron chi connectivity index (χ2n) is 2.52. The molecule has 1 aromatic rings. The second-order valence-corrected chi connectivity index (χ2v) is 4.14. The Labute approximate surface area is 86.3 Å². The van der Waals surface area contributed by atoms with Crippen molar-refractivity contribution < 1.29 is 18.3 Å². The molecule has 0 atom stereocenters. The normalized spacial score (nSPS) is 11.0. The van der Waals surface area contributed by atoms with Gasteiger partial charge < -0.3 is 5.11 Å². The molecule has 1 rings (SSSR count). The van der Waals surface area contributed by atoms with Crippen molar-refractivity contribution in [2.75, 3.05) is 11.8 Å². The van der Waals surface area contributed by atoms with Crippen LogP contribution in [-0.4, -0.2) is 31.5 Å². The molecule has 0 amide bonds. The summed E-state index contributed by atoms with van der Waals surface area (Å²) in [5, 5.41) is 8.61. The monoisotopic (exact) mass is 231 g/mol. The van der Waals surface area contributed by atoms with E-state index in [1.165, 1.54) is 25.2 Å². The van der Waals surface area contributed by atoms with Crippen LogP contribution in [0.5, 0.6) is 0 Å². The minimum atomic E-state index is -3.67. The van der Waals surface area contributed by atoms with Crippen molar-refractivity contribution in [3.63, 3.8) is 0 Å². The molecule has 1 aromatic heterocycles. The highest BCUT2D eigenvalue weighted by Gasteiger charge is 2.09. The van der Waals surface area contributed by atoms with Crippen LogP contribution < -0.4 is 9.44 Å². The lowest BCUT2D eigenvalue weighted by molar-refractivity contribution is 0.0690. The average Bonchev–Trinajstić information content (AvgIpc) is 2.17. The van der Waals surface area contributed by atoms with Gasteiger partial charge in [0.1, 0.15) is 5.82 Å². The zero-order valence-electron chi connectivity index (χ0n) is 7.76. The van der Waals surface area contributed by atoms with Gasteiger partial charge in [0.05, 0.1) is 0 Å². The maximum absolute atomic E-state index is 11.0. The third-order valence-corrected chi connectivity index (χ3v) is 2.49. The van der Waals surface area contributed by atoms with E-state index in [0.717, 1.165) is 0 Å². The highest BCUT2D eigenvalue weighted by molar-refractivity contribution is 7.90. The number of rotatable bonds is 4. The Hall–Kier alpha value is -1.67. The maximum atomic E-state index is 11.0. The lowest BCUT2D eigenvalue weighted by Crippen LogP contribution is -2.27. The molecule has 0 saturated heterocycles. The Balaban J connectivity index is 2.97. The van der Waals surface area contributed by atoms with Crippen molar-refractivity contribution in [1.82, 2.24) is 9.71 Å². The van der Waals surface area contributed by atoms with Crippen LogP contribution in [0.2, 0.25) is 0 Å². The SMILES string of the molecule is CNS(=O)(=O)Nc1cccc(C(=O)O)n1. The summed E-state index contributed by atoms with van der Waals surface area (Å²) < 4.78 is 26.1. The molecule has 0 radical (unpaired) electrons. The zero-order valence-corrected chi connectivity index (χ0v) is 8.58. The number of anilines is 1. The van der Waals surface area contributed by atoms with Gasteiger partial charge >= 0.3 is 5.97 Å². The van der Waals surface area contributed by atoms with E-state index in [0.29, 0.717) is 0 Å². The first-order valence-corrected chi connectivity index (χ1v) is 5.34. The van der Waals surface area contributed by atoms with Gasteiger partial charge in [0.2, 0.25) is 0 Å². The van der Waals surface area contributed by atoms with E-state index >= 15 is 0 Å². The summed E-state index contributed by atoms with van der Waals surface area (Å²) in [6.45, 7) is 0. The van der Waals surface area contributed by atoms with Crippen molar-refractivity contribution in [3.05, 3.63) is 23.9 Å². The van der Waals surface area contributed by atoms with Crippen molar-refractivity contribution >= 4 is 22.0 Å². The molecule has 15 heavy (non-hydrogen) atoms. The smallest absolute Gasteiger partial charge is 0.354 e. The molecule has 0 bridgehead atoms. The Morgan fingerprint density at radius 1 is 1.47 bits per heavy atom. The van der Waals surface area contributed by atoms with Gasteiger partial charge in [0, 0.05) is 7.05 Å². The molecule has 0 aliphatic rings. The molecule has 0 unspecified atom stereocenters. The van der Waals surface area contributed by atoms with Gasteiger partial charge in [-0.25, -0.2) is 14.5 Å². The highest BCUT2D eigenvalue weighted by atomic mass is 32.2. The number of carboxylic acid groups (broad SMARTS) is 1. The number of hydrogen-bond acceptors (Lipinski definition) is 4. The molecule has 0 saturated carbocycles. The average molecular weight is 231 g/mol. The molecular formula is C7H9N3O4S. The van der Waals surface area contributed by atoms with E-state index in [-0.39, 0.29) is 11.5 Å². The minimum Gasteiger partial charge on any atom is -0.477 e. The lowest BCUT2D eigenvalue weighted by Gasteiger charge is -2.05. The Bertz CT molecular complexity index is 471. The molecule has 0 aliphatic carbocycles. The van der Waals surface area contributed by atoms with E-state index in [9.17, 15) is 13.2 Å². The summed E-state index contributed by atoms with van der Waals surface area (Å²) in [5.41, 5.74) is -0.230. The van der Waals surface area contributed by atoms with Crippen LogP contribution in [0, 0.1) is 0 Å². The van der Waals surface area contributed by atoms with Gasteiger partial charge in [-0.15, -0.1) is 0 Å². The van der Waals surface area contributed by atoms with Crippen LogP contribution in [0.15, 0.2) is 18.2 Å². The molecule has 8 heteroatoms. The number of pyridine rings is 1. The Kier molecular flexibility index (Phi) is 3.22. The van der Waals surface area contributed by atoms with Crippen LogP contribution in [-0.2, 0) is 10.2 Å². The number of nitrogens with zero attached hydrogens (tertiary/aromatic N) is 1. The Morgan fingerprint density at radius 2 is 2.13 bits per heavy atom. The third kappa shape index (κ3) is 3.18. The number of carboxylic acids is 1. The topological polar surface area (TPSA) is 108 Å². The van der Waals surface area contributed by atoms with Crippen molar-refractivity contribution in [3.8, 4) is 0 Å². The van der Waals surface area contributed by atoms with Gasteiger partial charge in [-0.2, -0.15) is 8.42 Å². The molecule has 1 heterocycles. The molecule has 0 fully saturated rings. The number of nitrogens with one attached hydrogen (secondary N) is 2. The molecular weight excluding hydrogens is 222 g/mol. The first-order valence-electron chi connectivity index (χ1n) is 3.86. The molecule has 0 spiro atoms. The number of carbonyl (C=O) groups is 1. The van der Waals surface area contributed by atoms with Crippen LogP contribution in [0.1, 0.15) is 10.5 Å². The van der Waals surface area contributed by atoms with Gasteiger partial charge in [0.25, 0.3) is 10.2 Å². The fraction of sp³-hybridized carbons (Fsp3) is 0.143. The predicted octanol–water partition coefficient (Wildman–Crippen LogP) is -0.344. The summed E-state index contributed by atoms with van der Waals surface area (Å²) in [7, 11) is -2.44. The minimum absolute atomic E-state index is 0.0516. The summed E-state index contributed by atoms with van der Waals surface area (Å²) in [6, 6.07) is 4.00. The molecule has 0 aliphatic heterocycles. The summed E-state index contributed by atoms with van der Waals surface area (Å²) in [4.78, 5) is 14.1. The number of aromatic carboxylic acids is 1. The van der Waals surface area contributed by atoms with E-state index in [4.69, 9.17) is 5.11 Å². The van der Waals surface area contributed by atoms with Gasteiger partial charge in [0.15, 0.2) is 5.69 Å². The molecule has 0 aromatic carbocycles. The van der Waals surface area contributed by atoms with Crippen LogP contribution >= 0.6 is 0 Å². The van der Waals surface area contributed by atoms with Crippen LogP contribution in [0.3, 0.4) is 0 Å². The summed E-state index contributed by atoms with van der Waals surface area (Å²) >= 11 is 0. The number of aromatic nitrogens is 1. The van der Waals surface area contributed by atoms with Crippen molar-refractivity contribution in [2.24, 2.45) is 0 Å². The fourth-order valence-electron chi connectivity index (χ4n) is 0.799. The number of hydrogen-bond donors (Lipinski definition) is 3. The largest absolute Gasteiger partial charge is 0.477 e. The predicted molar refractivity (Wildman–Crippen MR) is 52.8 cm³/mol. The molecule has 7 nitrogen and oxygen atoms in total. The van der Waals surface area contributed by atoms with E-state index in [1.807, 2.05) is 9.44 Å². The Morgan fingerprint density at radius 3 is 2.67 bits per heavy atom. The highest BCUT2D eigenvalue weighted by Crippen LogP contribution is 2.05. The fourth-order valence-corrected chi connectivity index (χ4v) is 1.29. The van der Waals surface area contributed by atoms with Gasteiger partial charge in [-0.3, -0.25) is 4.72 Å². The quantitative estimate of drug-likeness (QED) is 0.656. The second kappa shape index (κ2) is 4.24. The van der Waals surface area contributed by atoms with Crippen LogP contribution in [0.25, 0.3) is 0 Å². The summed E-state index contributed by atoms with van der Waals surface area (Å²) in [6.07, 6.45) is 0. The van der Waals surface area contributed by atoms with Crippen LogP contribution in [0.4, 0.5) is 5.82 Å². The van der Waals surface area contributed by atoms with E-state index in [1.54, 1.807) is 0 Å². The molecule has 3 N–H and O–H groups in total. The molecule has 82 valence electrons. The lowest BCUT2D eigenvalue weighted by atomic mass is 10.3. The van der Waals surface area contributed by atoms with E-state index in [2.05, 4.69) is 4.98 Å².